The molecule has 0 aromatic heterocycles. The average molecular weight is 289 g/mol. The Morgan fingerprint density at radius 1 is 1.43 bits per heavy atom. The van der Waals surface area contributed by atoms with Crippen molar-refractivity contribution in [3.63, 3.8) is 0 Å². The van der Waals surface area contributed by atoms with Crippen LogP contribution in [0.25, 0.3) is 0 Å². The molecule has 3 N–H and O–H groups in total. The van der Waals surface area contributed by atoms with Crippen LogP contribution in [0.5, 0.6) is 0 Å². The highest BCUT2D eigenvalue weighted by atomic mass is 16.4. The molecule has 2 amide bonds. The van der Waals surface area contributed by atoms with Crippen molar-refractivity contribution in [1.29, 1.82) is 5.26 Å². The van der Waals surface area contributed by atoms with Gasteiger partial charge in [-0.3, -0.25) is 4.79 Å². The van der Waals surface area contributed by atoms with Crippen LogP contribution in [0.4, 0.5) is 10.5 Å². The molecular formula is C15H19N3O3. The number of carbonyl (C=O) groups is 2. The van der Waals surface area contributed by atoms with Crippen LogP contribution in [0, 0.1) is 24.2 Å². The SMILES string of the molecule is CCCC(CNC(=O)Nc1cc(C#N)ccc1C)C(=O)O. The number of nitrogens with zero attached hydrogens (tertiary/aromatic N) is 1. The molecule has 0 saturated heterocycles. The highest BCUT2D eigenvalue weighted by Gasteiger charge is 2.17. The third kappa shape index (κ3) is 5.15. The first kappa shape index (κ1) is 16.5. The van der Waals surface area contributed by atoms with Crippen molar-refractivity contribution in [2.75, 3.05) is 11.9 Å². The molecule has 1 aromatic rings. The maximum atomic E-state index is 11.8. The number of carboxylic acid groups (broad SMARTS) is 1. The molecule has 112 valence electrons. The molecule has 1 aromatic carbocycles. The largest absolute Gasteiger partial charge is 0.481 e. The van der Waals surface area contributed by atoms with E-state index in [0.717, 1.165) is 12.0 Å². The number of benzene rings is 1. The molecule has 0 bridgehead atoms. The second-order valence-corrected chi connectivity index (χ2v) is 4.80. The number of anilines is 1. The predicted molar refractivity (Wildman–Crippen MR) is 78.9 cm³/mol. The van der Waals surface area contributed by atoms with Gasteiger partial charge in [-0.2, -0.15) is 5.26 Å². The number of carbonyl (C=O) groups excluding carboxylic acids is 1. The number of aryl methyl sites for hydroxylation is 1. The van der Waals surface area contributed by atoms with Gasteiger partial charge in [0.15, 0.2) is 0 Å². The van der Waals surface area contributed by atoms with Crippen molar-refractivity contribution in [2.24, 2.45) is 5.92 Å². The number of nitriles is 1. The lowest BCUT2D eigenvalue weighted by molar-refractivity contribution is -0.141. The zero-order chi connectivity index (χ0) is 15.8. The fraction of sp³-hybridized carbons (Fsp3) is 0.400. The normalized spacial score (nSPS) is 11.3. The van der Waals surface area contributed by atoms with Gasteiger partial charge in [0.25, 0.3) is 0 Å². The van der Waals surface area contributed by atoms with E-state index in [-0.39, 0.29) is 6.54 Å². The van der Waals surface area contributed by atoms with Crippen molar-refractivity contribution in [2.45, 2.75) is 26.7 Å². The van der Waals surface area contributed by atoms with Gasteiger partial charge in [-0.05, 0) is 31.0 Å². The van der Waals surface area contributed by atoms with E-state index in [1.807, 2.05) is 19.9 Å². The second kappa shape index (κ2) is 7.90. The Morgan fingerprint density at radius 2 is 2.14 bits per heavy atom. The smallest absolute Gasteiger partial charge is 0.319 e. The number of amides is 2. The number of rotatable bonds is 6. The maximum Gasteiger partial charge on any atom is 0.319 e. The monoisotopic (exact) mass is 289 g/mol. The van der Waals surface area contributed by atoms with E-state index >= 15 is 0 Å². The molecule has 0 aliphatic carbocycles. The van der Waals surface area contributed by atoms with E-state index in [1.165, 1.54) is 0 Å². The van der Waals surface area contributed by atoms with E-state index < -0.39 is 17.9 Å². The molecule has 0 aliphatic heterocycles. The second-order valence-electron chi connectivity index (χ2n) is 4.80. The van der Waals surface area contributed by atoms with Gasteiger partial charge < -0.3 is 15.7 Å². The first-order chi connectivity index (χ1) is 9.97. The van der Waals surface area contributed by atoms with Crippen LogP contribution in [0.2, 0.25) is 0 Å². The molecule has 0 spiro atoms. The molecule has 0 fully saturated rings. The summed E-state index contributed by atoms with van der Waals surface area (Å²) in [5.41, 5.74) is 1.81. The van der Waals surface area contributed by atoms with Crippen LogP contribution in [-0.4, -0.2) is 23.7 Å². The summed E-state index contributed by atoms with van der Waals surface area (Å²) >= 11 is 0. The van der Waals surface area contributed by atoms with Crippen molar-refractivity contribution in [1.82, 2.24) is 5.32 Å². The number of nitrogens with one attached hydrogen (secondary N) is 2. The van der Waals surface area contributed by atoms with Crippen LogP contribution in [0.1, 0.15) is 30.9 Å². The quantitative estimate of drug-likeness (QED) is 0.748. The maximum absolute atomic E-state index is 11.8. The van der Waals surface area contributed by atoms with E-state index in [2.05, 4.69) is 10.6 Å². The molecule has 0 heterocycles. The number of carboxylic acids is 1. The summed E-state index contributed by atoms with van der Waals surface area (Å²) in [6.07, 6.45) is 1.25. The Hall–Kier alpha value is -2.55. The zero-order valence-electron chi connectivity index (χ0n) is 12.1. The van der Waals surface area contributed by atoms with E-state index in [9.17, 15) is 9.59 Å². The van der Waals surface area contributed by atoms with Gasteiger partial charge in [-0.15, -0.1) is 0 Å². The first-order valence-corrected chi connectivity index (χ1v) is 6.76. The van der Waals surface area contributed by atoms with Gasteiger partial charge >= 0.3 is 12.0 Å². The minimum absolute atomic E-state index is 0.0754. The van der Waals surface area contributed by atoms with Crippen molar-refractivity contribution in [3.8, 4) is 6.07 Å². The van der Waals surface area contributed by atoms with Gasteiger partial charge in [-0.25, -0.2) is 4.79 Å². The van der Waals surface area contributed by atoms with E-state index in [1.54, 1.807) is 18.2 Å². The Balaban J connectivity index is 2.62. The van der Waals surface area contributed by atoms with Gasteiger partial charge in [0.1, 0.15) is 0 Å². The van der Waals surface area contributed by atoms with Gasteiger partial charge in [-0.1, -0.05) is 19.4 Å². The molecule has 21 heavy (non-hydrogen) atoms. The number of hydrogen-bond donors (Lipinski definition) is 3. The lowest BCUT2D eigenvalue weighted by atomic mass is 10.0. The van der Waals surface area contributed by atoms with Crippen LogP contribution in [0.15, 0.2) is 18.2 Å². The molecule has 1 unspecified atom stereocenters. The lowest BCUT2D eigenvalue weighted by Crippen LogP contribution is -2.35. The van der Waals surface area contributed by atoms with E-state index in [4.69, 9.17) is 10.4 Å². The van der Waals surface area contributed by atoms with Crippen LogP contribution < -0.4 is 10.6 Å². The summed E-state index contributed by atoms with van der Waals surface area (Å²) in [7, 11) is 0. The Kier molecular flexibility index (Phi) is 6.21. The Bertz CT molecular complexity index is 564. The van der Waals surface area contributed by atoms with Crippen molar-refractivity contribution < 1.29 is 14.7 Å². The summed E-state index contributed by atoms with van der Waals surface area (Å²) in [5, 5.41) is 23.0. The number of aliphatic carboxylic acids is 1. The van der Waals surface area contributed by atoms with Crippen LogP contribution in [0.3, 0.4) is 0 Å². The third-order valence-electron chi connectivity index (χ3n) is 3.11. The zero-order valence-corrected chi connectivity index (χ0v) is 12.1. The Labute approximate surface area is 123 Å². The molecule has 0 radical (unpaired) electrons. The highest BCUT2D eigenvalue weighted by molar-refractivity contribution is 5.90. The van der Waals surface area contributed by atoms with Crippen molar-refractivity contribution in [3.05, 3.63) is 29.3 Å². The van der Waals surface area contributed by atoms with Crippen LogP contribution in [-0.2, 0) is 4.79 Å². The summed E-state index contributed by atoms with van der Waals surface area (Å²) in [6, 6.07) is 6.51. The highest BCUT2D eigenvalue weighted by Crippen LogP contribution is 2.16. The number of urea groups is 1. The number of hydrogen-bond acceptors (Lipinski definition) is 3. The molecule has 1 rings (SSSR count). The minimum Gasteiger partial charge on any atom is -0.481 e. The molecule has 1 atom stereocenters. The summed E-state index contributed by atoms with van der Waals surface area (Å²) in [6.45, 7) is 3.78. The Morgan fingerprint density at radius 3 is 2.71 bits per heavy atom. The first-order valence-electron chi connectivity index (χ1n) is 6.76. The summed E-state index contributed by atoms with van der Waals surface area (Å²) < 4.78 is 0. The predicted octanol–water partition coefficient (Wildman–Crippen LogP) is 2.49. The fourth-order valence-electron chi connectivity index (χ4n) is 1.87. The molecule has 0 aliphatic rings. The fourth-order valence-corrected chi connectivity index (χ4v) is 1.87. The van der Waals surface area contributed by atoms with Gasteiger partial charge in [0, 0.05) is 12.2 Å². The van der Waals surface area contributed by atoms with E-state index in [0.29, 0.717) is 17.7 Å². The summed E-state index contributed by atoms with van der Waals surface area (Å²) in [5.74, 6) is -1.51. The topological polar surface area (TPSA) is 102 Å². The van der Waals surface area contributed by atoms with Crippen LogP contribution >= 0.6 is 0 Å². The lowest BCUT2D eigenvalue weighted by Gasteiger charge is -2.14. The molecule has 6 heteroatoms. The van der Waals surface area contributed by atoms with Crippen molar-refractivity contribution >= 4 is 17.7 Å². The minimum atomic E-state index is -0.917. The van der Waals surface area contributed by atoms with Gasteiger partial charge in [0.2, 0.25) is 0 Å². The molecular weight excluding hydrogens is 270 g/mol. The average Bonchev–Trinajstić information content (AvgIpc) is 2.45. The molecule has 0 saturated carbocycles. The molecule has 6 nitrogen and oxygen atoms in total. The third-order valence-corrected chi connectivity index (χ3v) is 3.11. The standard InChI is InChI=1S/C15H19N3O3/c1-3-4-12(14(19)20)9-17-15(21)18-13-7-11(8-16)6-5-10(13)2/h5-7,12H,3-4,9H2,1-2H3,(H,19,20)(H2,17,18,21). The summed E-state index contributed by atoms with van der Waals surface area (Å²) in [4.78, 5) is 22.8. The van der Waals surface area contributed by atoms with Gasteiger partial charge in [0.05, 0.1) is 17.6 Å².